The molecule has 8 nitrogen and oxygen atoms in total. The number of para-hydroxylation sites is 1. The minimum atomic E-state index is -3.63. The Morgan fingerprint density at radius 2 is 1.83 bits per heavy atom. The van der Waals surface area contributed by atoms with Gasteiger partial charge in [0.2, 0.25) is 10.0 Å². The van der Waals surface area contributed by atoms with Crippen LogP contribution in [0.25, 0.3) is 5.69 Å². The number of amides is 1. The predicted molar refractivity (Wildman–Crippen MR) is 108 cm³/mol. The van der Waals surface area contributed by atoms with E-state index in [1.165, 1.54) is 31.4 Å². The number of nitrogens with one attached hydrogen (secondary N) is 2. The molecule has 0 saturated carbocycles. The van der Waals surface area contributed by atoms with E-state index < -0.39 is 10.0 Å². The Balaban J connectivity index is 1.58. The lowest BCUT2D eigenvalue weighted by Gasteiger charge is -2.08. The van der Waals surface area contributed by atoms with Crippen LogP contribution in [0.1, 0.15) is 15.9 Å². The molecule has 3 rings (SSSR count). The van der Waals surface area contributed by atoms with Crippen LogP contribution in [0.15, 0.2) is 71.9 Å². The topological polar surface area (TPSA) is 102 Å². The molecule has 152 valence electrons. The Morgan fingerprint density at radius 3 is 2.52 bits per heavy atom. The van der Waals surface area contributed by atoms with Gasteiger partial charge < -0.3 is 10.1 Å². The van der Waals surface area contributed by atoms with Crippen LogP contribution in [-0.4, -0.2) is 44.4 Å². The highest BCUT2D eigenvalue weighted by Crippen LogP contribution is 2.11. The van der Waals surface area contributed by atoms with E-state index in [0.717, 1.165) is 11.3 Å². The van der Waals surface area contributed by atoms with E-state index in [4.69, 9.17) is 4.74 Å². The molecule has 0 aliphatic heterocycles. The lowest BCUT2D eigenvalue weighted by atomic mass is 10.2. The third-order valence-electron chi connectivity index (χ3n) is 4.13. The van der Waals surface area contributed by atoms with Crippen LogP contribution in [0.3, 0.4) is 0 Å². The maximum Gasteiger partial charge on any atom is 0.251 e. The summed E-state index contributed by atoms with van der Waals surface area (Å²) in [4.78, 5) is 12.4. The van der Waals surface area contributed by atoms with Crippen LogP contribution in [0, 0.1) is 0 Å². The van der Waals surface area contributed by atoms with Crippen molar-refractivity contribution in [2.75, 3.05) is 20.3 Å². The standard InChI is InChI=1S/C20H22N4O4S/c1-28-12-11-23-29(26,27)19-9-7-17(8-10-19)20(25)21-13-16-14-22-24(15-16)18-5-3-2-4-6-18/h2-10,14-15,23H,11-13H2,1H3,(H,21,25). The van der Waals surface area contributed by atoms with Crippen LogP contribution in [0.5, 0.6) is 0 Å². The Kier molecular flexibility index (Phi) is 6.76. The maximum absolute atomic E-state index is 12.3. The molecule has 9 heteroatoms. The number of aromatic nitrogens is 2. The molecule has 0 saturated heterocycles. The molecule has 3 aromatic rings. The summed E-state index contributed by atoms with van der Waals surface area (Å²) in [7, 11) is -2.13. The molecule has 0 unspecified atom stereocenters. The van der Waals surface area contributed by atoms with Crippen molar-refractivity contribution in [1.29, 1.82) is 0 Å². The Hall–Kier alpha value is -3.01. The Bertz CT molecular complexity index is 1050. The summed E-state index contributed by atoms with van der Waals surface area (Å²) in [6.07, 6.45) is 3.53. The zero-order valence-electron chi connectivity index (χ0n) is 15.9. The fourth-order valence-corrected chi connectivity index (χ4v) is 3.62. The second-order valence-corrected chi connectivity index (χ2v) is 7.99. The van der Waals surface area contributed by atoms with Gasteiger partial charge in [-0.1, -0.05) is 18.2 Å². The third kappa shape index (κ3) is 5.50. The second kappa shape index (κ2) is 9.46. The van der Waals surface area contributed by atoms with Crippen molar-refractivity contribution in [2.24, 2.45) is 0 Å². The van der Waals surface area contributed by atoms with Crippen molar-refractivity contribution in [1.82, 2.24) is 19.8 Å². The van der Waals surface area contributed by atoms with Crippen LogP contribution in [-0.2, 0) is 21.3 Å². The Morgan fingerprint density at radius 1 is 1.10 bits per heavy atom. The summed E-state index contributed by atoms with van der Waals surface area (Å²) in [5, 5.41) is 7.10. The summed E-state index contributed by atoms with van der Waals surface area (Å²) in [5.74, 6) is -0.297. The van der Waals surface area contributed by atoms with E-state index in [2.05, 4.69) is 15.1 Å². The molecule has 1 heterocycles. The molecule has 0 aliphatic carbocycles. The van der Waals surface area contributed by atoms with Gasteiger partial charge in [0.1, 0.15) is 0 Å². The highest BCUT2D eigenvalue weighted by atomic mass is 32.2. The zero-order chi connectivity index (χ0) is 20.7. The van der Waals surface area contributed by atoms with Gasteiger partial charge in [0.25, 0.3) is 5.91 Å². The van der Waals surface area contributed by atoms with E-state index in [1.54, 1.807) is 10.9 Å². The summed E-state index contributed by atoms with van der Waals surface area (Å²) in [5.41, 5.74) is 2.15. The molecular formula is C20H22N4O4S. The quantitative estimate of drug-likeness (QED) is 0.519. The molecule has 0 fully saturated rings. The molecule has 1 amide bonds. The minimum absolute atomic E-state index is 0.0919. The van der Waals surface area contributed by atoms with Gasteiger partial charge in [0.15, 0.2) is 0 Å². The highest BCUT2D eigenvalue weighted by molar-refractivity contribution is 7.89. The first kappa shape index (κ1) is 20.7. The molecular weight excluding hydrogens is 392 g/mol. The number of benzene rings is 2. The van der Waals surface area contributed by atoms with E-state index in [1.807, 2.05) is 36.5 Å². The van der Waals surface area contributed by atoms with Gasteiger partial charge in [-0.3, -0.25) is 4.79 Å². The van der Waals surface area contributed by atoms with E-state index in [9.17, 15) is 13.2 Å². The van der Waals surface area contributed by atoms with Gasteiger partial charge in [-0.25, -0.2) is 17.8 Å². The van der Waals surface area contributed by atoms with Gasteiger partial charge in [0.05, 0.1) is 23.4 Å². The smallest absolute Gasteiger partial charge is 0.251 e. The van der Waals surface area contributed by atoms with Gasteiger partial charge in [-0.05, 0) is 36.4 Å². The fraction of sp³-hybridized carbons (Fsp3) is 0.200. The van der Waals surface area contributed by atoms with Gasteiger partial charge >= 0.3 is 0 Å². The highest BCUT2D eigenvalue weighted by Gasteiger charge is 2.14. The van der Waals surface area contributed by atoms with Crippen molar-refractivity contribution < 1.29 is 17.9 Å². The number of sulfonamides is 1. The predicted octanol–water partition coefficient (Wildman–Crippen LogP) is 1.73. The van der Waals surface area contributed by atoms with Gasteiger partial charge in [-0.15, -0.1) is 0 Å². The summed E-state index contributed by atoms with van der Waals surface area (Å²) in [6.45, 7) is 0.766. The first-order valence-corrected chi connectivity index (χ1v) is 10.4. The number of carbonyl (C=O) groups is 1. The first-order chi connectivity index (χ1) is 14.0. The zero-order valence-corrected chi connectivity index (χ0v) is 16.7. The monoisotopic (exact) mass is 414 g/mol. The third-order valence-corrected chi connectivity index (χ3v) is 5.61. The largest absolute Gasteiger partial charge is 0.383 e. The molecule has 0 radical (unpaired) electrons. The van der Waals surface area contributed by atoms with Crippen molar-refractivity contribution in [2.45, 2.75) is 11.4 Å². The average Bonchev–Trinajstić information content (AvgIpc) is 3.22. The number of hydrogen-bond donors (Lipinski definition) is 2. The van der Waals surface area contributed by atoms with Gasteiger partial charge in [-0.2, -0.15) is 5.10 Å². The molecule has 0 bridgehead atoms. The van der Waals surface area contributed by atoms with E-state index in [-0.39, 0.29) is 24.0 Å². The second-order valence-electron chi connectivity index (χ2n) is 6.23. The number of hydrogen-bond acceptors (Lipinski definition) is 5. The summed E-state index contributed by atoms with van der Waals surface area (Å²) < 4.78 is 33.3. The Labute approximate surface area is 169 Å². The maximum atomic E-state index is 12.3. The normalized spacial score (nSPS) is 11.3. The number of ether oxygens (including phenoxy) is 1. The molecule has 0 atom stereocenters. The number of methoxy groups -OCH3 is 1. The molecule has 2 N–H and O–H groups in total. The van der Waals surface area contributed by atoms with Crippen LogP contribution < -0.4 is 10.0 Å². The molecule has 29 heavy (non-hydrogen) atoms. The number of carbonyl (C=O) groups excluding carboxylic acids is 1. The van der Waals surface area contributed by atoms with E-state index >= 15 is 0 Å². The van der Waals surface area contributed by atoms with Crippen molar-refractivity contribution in [3.63, 3.8) is 0 Å². The first-order valence-electron chi connectivity index (χ1n) is 8.95. The van der Waals surface area contributed by atoms with Crippen molar-refractivity contribution in [3.8, 4) is 5.69 Å². The number of rotatable bonds is 9. The minimum Gasteiger partial charge on any atom is -0.383 e. The van der Waals surface area contributed by atoms with Crippen LogP contribution in [0.4, 0.5) is 0 Å². The lowest BCUT2D eigenvalue weighted by molar-refractivity contribution is 0.0951. The van der Waals surface area contributed by atoms with Crippen LogP contribution >= 0.6 is 0 Å². The summed E-state index contributed by atoms with van der Waals surface area (Å²) in [6, 6.07) is 15.4. The number of nitrogens with zero attached hydrogens (tertiary/aromatic N) is 2. The van der Waals surface area contributed by atoms with Crippen molar-refractivity contribution in [3.05, 3.63) is 78.1 Å². The summed E-state index contributed by atoms with van der Waals surface area (Å²) >= 11 is 0. The molecule has 2 aromatic carbocycles. The van der Waals surface area contributed by atoms with Crippen molar-refractivity contribution >= 4 is 15.9 Å². The molecule has 0 spiro atoms. The fourth-order valence-electron chi connectivity index (χ4n) is 2.60. The lowest BCUT2D eigenvalue weighted by Crippen LogP contribution is -2.27. The molecule has 1 aromatic heterocycles. The average molecular weight is 414 g/mol. The van der Waals surface area contributed by atoms with Crippen LogP contribution in [0.2, 0.25) is 0 Å². The SMILES string of the molecule is COCCNS(=O)(=O)c1ccc(C(=O)NCc2cnn(-c3ccccc3)c2)cc1. The van der Waals surface area contributed by atoms with E-state index in [0.29, 0.717) is 12.1 Å². The molecule has 0 aliphatic rings. The van der Waals surface area contributed by atoms with Gasteiger partial charge in [0, 0.05) is 37.5 Å².